The van der Waals surface area contributed by atoms with Crippen molar-refractivity contribution in [2.24, 2.45) is 0 Å². The minimum atomic E-state index is 0.608. The highest BCUT2D eigenvalue weighted by Gasteiger charge is 2.21. The Kier molecular flexibility index (Phi) is 7.78. The summed E-state index contributed by atoms with van der Waals surface area (Å²) in [5.41, 5.74) is 10.6. The molecule has 0 aliphatic heterocycles. The van der Waals surface area contributed by atoms with E-state index < -0.39 is 0 Å². The van der Waals surface area contributed by atoms with Gasteiger partial charge in [0.1, 0.15) is 0 Å². The fraction of sp³-hybridized carbons (Fsp3) is 0. The van der Waals surface area contributed by atoms with Crippen LogP contribution in [0.25, 0.3) is 105 Å². The van der Waals surface area contributed by atoms with E-state index in [9.17, 15) is 0 Å². The molecule has 2 aromatic heterocycles. The van der Waals surface area contributed by atoms with Crippen molar-refractivity contribution >= 4 is 43.4 Å². The third kappa shape index (κ3) is 5.58. The summed E-state index contributed by atoms with van der Waals surface area (Å²) in [5, 5.41) is 7.03. The molecule has 0 radical (unpaired) electrons. The maximum Gasteiger partial charge on any atom is 0.164 e. The van der Waals surface area contributed by atoms with Crippen LogP contribution in [-0.4, -0.2) is 19.5 Å². The van der Waals surface area contributed by atoms with Crippen LogP contribution in [0.2, 0.25) is 0 Å². The van der Waals surface area contributed by atoms with Crippen LogP contribution in [0.15, 0.2) is 206 Å². The molecule has 266 valence electrons. The Morgan fingerprint density at radius 1 is 0.281 bits per heavy atom. The van der Waals surface area contributed by atoms with Crippen LogP contribution in [0, 0.1) is 0 Å². The van der Waals surface area contributed by atoms with Gasteiger partial charge >= 0.3 is 0 Å². The molecule has 0 amide bonds. The zero-order chi connectivity index (χ0) is 37.7. The van der Waals surface area contributed by atoms with Gasteiger partial charge in [-0.15, -0.1) is 0 Å². The first-order valence-electron chi connectivity index (χ1n) is 19.3. The molecule has 0 spiro atoms. The van der Waals surface area contributed by atoms with E-state index in [1.54, 1.807) is 0 Å². The molecule has 0 unspecified atom stereocenters. The quantitative estimate of drug-likeness (QED) is 0.160. The maximum absolute atomic E-state index is 5.38. The van der Waals surface area contributed by atoms with Crippen LogP contribution >= 0.6 is 0 Å². The van der Waals surface area contributed by atoms with Crippen LogP contribution in [0.3, 0.4) is 0 Å². The summed E-state index contributed by atoms with van der Waals surface area (Å²) in [4.78, 5) is 16.1. The van der Waals surface area contributed by atoms with Crippen molar-refractivity contribution in [1.82, 2.24) is 19.5 Å². The zero-order valence-corrected chi connectivity index (χ0v) is 30.9. The van der Waals surface area contributed by atoms with Gasteiger partial charge in [-0.05, 0) is 62.5 Å². The van der Waals surface area contributed by atoms with E-state index in [1.807, 2.05) is 6.07 Å². The second kappa shape index (κ2) is 13.6. The molecule has 0 atom stereocenters. The smallest absolute Gasteiger partial charge is 0.164 e. The van der Waals surface area contributed by atoms with Gasteiger partial charge in [0.15, 0.2) is 17.5 Å². The molecule has 0 N–H and O–H groups in total. The van der Waals surface area contributed by atoms with Crippen molar-refractivity contribution in [1.29, 1.82) is 0 Å². The van der Waals surface area contributed by atoms with E-state index in [2.05, 4.69) is 205 Å². The molecule has 9 aromatic carbocycles. The first-order chi connectivity index (χ1) is 28.3. The second-order valence-corrected chi connectivity index (χ2v) is 14.4. The average molecular weight is 727 g/mol. The van der Waals surface area contributed by atoms with Gasteiger partial charge in [0.05, 0.1) is 16.7 Å². The first-order valence-corrected chi connectivity index (χ1v) is 19.3. The lowest BCUT2D eigenvalue weighted by Gasteiger charge is -2.17. The van der Waals surface area contributed by atoms with Crippen molar-refractivity contribution in [2.75, 3.05) is 0 Å². The molecule has 0 aliphatic rings. The van der Waals surface area contributed by atoms with Gasteiger partial charge in [-0.1, -0.05) is 182 Å². The Labute approximate surface area is 330 Å². The monoisotopic (exact) mass is 726 g/mol. The van der Waals surface area contributed by atoms with Gasteiger partial charge in [0.2, 0.25) is 0 Å². The van der Waals surface area contributed by atoms with Gasteiger partial charge in [0.25, 0.3) is 0 Å². The van der Waals surface area contributed by atoms with Gasteiger partial charge in [-0.3, -0.25) is 0 Å². The van der Waals surface area contributed by atoms with E-state index in [1.165, 1.54) is 21.5 Å². The molecule has 0 bridgehead atoms. The molecule has 0 saturated heterocycles. The number of aromatic nitrogens is 4. The Balaban J connectivity index is 1.21. The number of rotatable bonds is 6. The highest BCUT2D eigenvalue weighted by molar-refractivity contribution is 6.13. The summed E-state index contributed by atoms with van der Waals surface area (Å²) in [7, 11) is 0. The van der Waals surface area contributed by atoms with Crippen molar-refractivity contribution in [2.45, 2.75) is 0 Å². The van der Waals surface area contributed by atoms with E-state index in [0.717, 1.165) is 66.4 Å². The molecule has 2 heterocycles. The zero-order valence-electron chi connectivity index (χ0n) is 30.9. The predicted molar refractivity (Wildman–Crippen MR) is 236 cm³/mol. The summed E-state index contributed by atoms with van der Waals surface area (Å²) in [6.45, 7) is 0. The van der Waals surface area contributed by atoms with E-state index in [0.29, 0.717) is 17.5 Å². The molecular formula is C53H34N4. The number of para-hydroxylation sites is 2. The van der Waals surface area contributed by atoms with Crippen LogP contribution in [0.1, 0.15) is 0 Å². The molecule has 11 aromatic rings. The Morgan fingerprint density at radius 2 is 0.772 bits per heavy atom. The number of nitrogens with zero attached hydrogens (tertiary/aromatic N) is 4. The summed E-state index contributed by atoms with van der Waals surface area (Å²) in [6, 6.07) is 72.7. The number of fused-ring (bicyclic) bond motifs is 6. The van der Waals surface area contributed by atoms with E-state index in [-0.39, 0.29) is 0 Å². The molecule has 57 heavy (non-hydrogen) atoms. The van der Waals surface area contributed by atoms with Crippen LogP contribution < -0.4 is 0 Å². The highest BCUT2D eigenvalue weighted by atomic mass is 15.0. The lowest BCUT2D eigenvalue weighted by atomic mass is 9.96. The van der Waals surface area contributed by atoms with E-state index >= 15 is 0 Å². The van der Waals surface area contributed by atoms with Crippen molar-refractivity contribution < 1.29 is 0 Å². The minimum Gasteiger partial charge on any atom is -0.309 e. The number of hydrogen-bond donors (Lipinski definition) is 0. The van der Waals surface area contributed by atoms with Crippen molar-refractivity contribution in [3.63, 3.8) is 0 Å². The van der Waals surface area contributed by atoms with Crippen LogP contribution in [-0.2, 0) is 0 Å². The Bertz CT molecular complexity index is 3240. The summed E-state index contributed by atoms with van der Waals surface area (Å²) in [5.74, 6) is 1.86. The normalized spacial score (nSPS) is 11.5. The SMILES string of the molecule is c1ccc(-c2ccccc2-c2nc(-c3ccc(-c4ccccc4)c(-n4c5ccccc5c5ccccc54)c3)nc(-c3cc4ccccc4c4ccccc34)n2)cc1. The topological polar surface area (TPSA) is 43.6 Å². The lowest BCUT2D eigenvalue weighted by Crippen LogP contribution is -2.03. The number of hydrogen-bond acceptors (Lipinski definition) is 3. The summed E-state index contributed by atoms with van der Waals surface area (Å²) < 4.78 is 2.39. The molecule has 4 heteroatoms. The second-order valence-electron chi connectivity index (χ2n) is 14.4. The van der Waals surface area contributed by atoms with Crippen molar-refractivity contribution in [3.8, 4) is 62.1 Å². The largest absolute Gasteiger partial charge is 0.309 e. The summed E-state index contributed by atoms with van der Waals surface area (Å²) >= 11 is 0. The first kappa shape index (κ1) is 32.7. The highest BCUT2D eigenvalue weighted by Crippen LogP contribution is 2.40. The molecule has 0 saturated carbocycles. The standard InChI is InChI=1S/C53H34N4/c1-3-17-35(18-4-1)39-22-9-12-28-46(39)52-54-51(55-53(56-52)47-33-37-21-7-8-23-40(37)42-24-10-11-25-43(42)47)38-31-32-41(36-19-5-2-6-20-36)50(34-38)57-48-29-15-13-26-44(48)45-27-14-16-30-49(45)57/h1-34H. The summed E-state index contributed by atoms with van der Waals surface area (Å²) in [6.07, 6.45) is 0. The third-order valence-electron chi connectivity index (χ3n) is 11.1. The van der Waals surface area contributed by atoms with Crippen LogP contribution in [0.5, 0.6) is 0 Å². The van der Waals surface area contributed by atoms with Crippen molar-refractivity contribution in [3.05, 3.63) is 206 Å². The fourth-order valence-electron chi connectivity index (χ4n) is 8.43. The van der Waals surface area contributed by atoms with Gasteiger partial charge < -0.3 is 4.57 Å². The van der Waals surface area contributed by atoms with Gasteiger partial charge in [0, 0.05) is 33.0 Å². The Hall–Kier alpha value is -7.69. The molecule has 4 nitrogen and oxygen atoms in total. The van der Waals surface area contributed by atoms with Gasteiger partial charge in [-0.2, -0.15) is 0 Å². The number of benzene rings is 9. The van der Waals surface area contributed by atoms with Gasteiger partial charge in [-0.25, -0.2) is 15.0 Å². The minimum absolute atomic E-state index is 0.608. The molecule has 11 rings (SSSR count). The fourth-order valence-corrected chi connectivity index (χ4v) is 8.43. The predicted octanol–water partition coefficient (Wildman–Crippen LogP) is 13.6. The lowest BCUT2D eigenvalue weighted by molar-refractivity contribution is 1.07. The molecule has 0 aliphatic carbocycles. The molecule has 0 fully saturated rings. The molecular weight excluding hydrogens is 693 g/mol. The average Bonchev–Trinajstić information content (AvgIpc) is 3.63. The Morgan fingerprint density at radius 3 is 1.46 bits per heavy atom. The van der Waals surface area contributed by atoms with Crippen LogP contribution in [0.4, 0.5) is 0 Å². The third-order valence-corrected chi connectivity index (χ3v) is 11.1. The van der Waals surface area contributed by atoms with E-state index in [4.69, 9.17) is 15.0 Å². The maximum atomic E-state index is 5.38.